The molecule has 0 heterocycles. The number of carbonyl (C=O) groups is 1. The van der Waals surface area contributed by atoms with Crippen LogP contribution in [0.1, 0.15) is 15.9 Å². The van der Waals surface area contributed by atoms with Crippen molar-refractivity contribution in [3.8, 4) is 5.75 Å². The Morgan fingerprint density at radius 3 is 2.41 bits per heavy atom. The first-order valence-corrected chi connectivity index (χ1v) is 10.0. The molecule has 27 heavy (non-hydrogen) atoms. The quantitative estimate of drug-likeness (QED) is 0.406. The highest BCUT2D eigenvalue weighted by molar-refractivity contribution is 7.99. The minimum Gasteiger partial charge on any atom is -0.488 e. The molecule has 0 atom stereocenters. The summed E-state index contributed by atoms with van der Waals surface area (Å²) in [6.07, 6.45) is 0. The first kappa shape index (κ1) is 19.3. The predicted octanol–water partition coefficient (Wildman–Crippen LogP) is 5.44. The highest BCUT2D eigenvalue weighted by Crippen LogP contribution is 2.24. The van der Waals surface area contributed by atoms with Crippen LogP contribution in [0.5, 0.6) is 5.75 Å². The summed E-state index contributed by atoms with van der Waals surface area (Å²) in [7, 11) is 0. The molecule has 3 nitrogen and oxygen atoms in total. The standard InChI is InChI=1S/C22H20ClNO2S/c23-18-11-12-21(26-16-17-7-3-1-4-8-17)20(15-18)22(25)24-13-14-27-19-9-5-2-6-10-19/h1-12,15H,13-14,16H2,(H,24,25). The van der Waals surface area contributed by atoms with E-state index >= 15 is 0 Å². The molecule has 0 aliphatic carbocycles. The minimum atomic E-state index is -0.186. The highest BCUT2D eigenvalue weighted by atomic mass is 35.5. The van der Waals surface area contributed by atoms with Gasteiger partial charge in [0.05, 0.1) is 5.56 Å². The van der Waals surface area contributed by atoms with Crippen molar-refractivity contribution in [3.63, 3.8) is 0 Å². The lowest BCUT2D eigenvalue weighted by atomic mass is 10.2. The van der Waals surface area contributed by atoms with Crippen LogP contribution in [0.4, 0.5) is 0 Å². The summed E-state index contributed by atoms with van der Waals surface area (Å²) in [5.41, 5.74) is 1.49. The van der Waals surface area contributed by atoms with Crippen molar-refractivity contribution in [2.75, 3.05) is 12.3 Å². The number of ether oxygens (including phenoxy) is 1. The predicted molar refractivity (Wildman–Crippen MR) is 112 cm³/mol. The molecule has 3 aromatic carbocycles. The van der Waals surface area contributed by atoms with E-state index in [9.17, 15) is 4.79 Å². The van der Waals surface area contributed by atoms with E-state index in [1.165, 1.54) is 4.90 Å². The number of halogens is 1. The van der Waals surface area contributed by atoms with Gasteiger partial charge in [-0.3, -0.25) is 4.79 Å². The summed E-state index contributed by atoms with van der Waals surface area (Å²) in [6, 6.07) is 25.0. The fourth-order valence-corrected chi connectivity index (χ4v) is 3.45. The molecule has 138 valence electrons. The zero-order chi connectivity index (χ0) is 18.9. The summed E-state index contributed by atoms with van der Waals surface area (Å²) >= 11 is 7.78. The van der Waals surface area contributed by atoms with Gasteiger partial charge in [0, 0.05) is 22.2 Å². The summed E-state index contributed by atoms with van der Waals surface area (Å²) in [5.74, 6) is 1.13. The van der Waals surface area contributed by atoms with Gasteiger partial charge in [-0.2, -0.15) is 0 Å². The lowest BCUT2D eigenvalue weighted by Gasteiger charge is -2.12. The van der Waals surface area contributed by atoms with Crippen molar-refractivity contribution < 1.29 is 9.53 Å². The van der Waals surface area contributed by atoms with E-state index in [1.54, 1.807) is 30.0 Å². The molecule has 3 aromatic rings. The Morgan fingerprint density at radius 2 is 1.67 bits per heavy atom. The Bertz CT molecular complexity index is 872. The first-order chi connectivity index (χ1) is 13.2. The van der Waals surface area contributed by atoms with E-state index in [2.05, 4.69) is 17.4 Å². The molecule has 0 bridgehead atoms. The van der Waals surface area contributed by atoms with Crippen LogP contribution in [0.2, 0.25) is 5.02 Å². The van der Waals surface area contributed by atoms with Crippen molar-refractivity contribution in [2.45, 2.75) is 11.5 Å². The van der Waals surface area contributed by atoms with Gasteiger partial charge in [0.15, 0.2) is 0 Å². The fourth-order valence-electron chi connectivity index (χ4n) is 2.49. The molecule has 5 heteroatoms. The monoisotopic (exact) mass is 397 g/mol. The molecule has 0 unspecified atom stereocenters. The molecule has 1 N–H and O–H groups in total. The van der Waals surface area contributed by atoms with Gasteiger partial charge < -0.3 is 10.1 Å². The second kappa shape index (κ2) is 10.0. The molecule has 0 aliphatic rings. The third-order valence-corrected chi connectivity index (χ3v) is 5.07. The van der Waals surface area contributed by atoms with Gasteiger partial charge in [-0.25, -0.2) is 0 Å². The van der Waals surface area contributed by atoms with Crippen molar-refractivity contribution in [2.24, 2.45) is 0 Å². The number of rotatable bonds is 8. The van der Waals surface area contributed by atoms with Gasteiger partial charge in [0.1, 0.15) is 12.4 Å². The molecule has 0 fully saturated rings. The highest BCUT2D eigenvalue weighted by Gasteiger charge is 2.13. The minimum absolute atomic E-state index is 0.186. The number of nitrogens with one attached hydrogen (secondary N) is 1. The fraction of sp³-hybridized carbons (Fsp3) is 0.136. The van der Waals surface area contributed by atoms with Crippen molar-refractivity contribution in [3.05, 3.63) is 95.0 Å². The molecule has 0 radical (unpaired) electrons. The van der Waals surface area contributed by atoms with E-state index in [0.29, 0.717) is 29.5 Å². The maximum absolute atomic E-state index is 12.6. The Labute approximate surface area is 168 Å². The second-order valence-corrected chi connectivity index (χ2v) is 7.44. The topological polar surface area (TPSA) is 38.3 Å². The largest absolute Gasteiger partial charge is 0.488 e. The number of hydrogen-bond acceptors (Lipinski definition) is 3. The third kappa shape index (κ3) is 6.05. The van der Waals surface area contributed by atoms with Crippen LogP contribution >= 0.6 is 23.4 Å². The van der Waals surface area contributed by atoms with Crippen LogP contribution in [-0.4, -0.2) is 18.2 Å². The Morgan fingerprint density at radius 1 is 0.963 bits per heavy atom. The van der Waals surface area contributed by atoms with Gasteiger partial charge in [-0.05, 0) is 35.9 Å². The average molecular weight is 398 g/mol. The van der Waals surface area contributed by atoms with Crippen LogP contribution in [-0.2, 0) is 6.61 Å². The summed E-state index contributed by atoms with van der Waals surface area (Å²) in [5, 5.41) is 3.44. The summed E-state index contributed by atoms with van der Waals surface area (Å²) in [4.78, 5) is 13.8. The van der Waals surface area contributed by atoms with Gasteiger partial charge in [-0.1, -0.05) is 60.1 Å². The molecule has 0 aromatic heterocycles. The van der Waals surface area contributed by atoms with Crippen LogP contribution < -0.4 is 10.1 Å². The smallest absolute Gasteiger partial charge is 0.255 e. The van der Waals surface area contributed by atoms with Gasteiger partial charge >= 0.3 is 0 Å². The molecular formula is C22H20ClNO2S. The summed E-state index contributed by atoms with van der Waals surface area (Å²) in [6.45, 7) is 0.954. The molecule has 0 saturated heterocycles. The molecule has 3 rings (SSSR count). The normalized spacial score (nSPS) is 10.4. The SMILES string of the molecule is O=C(NCCSc1ccccc1)c1cc(Cl)ccc1OCc1ccccc1. The third-order valence-electron chi connectivity index (χ3n) is 3.82. The lowest BCUT2D eigenvalue weighted by Crippen LogP contribution is -2.26. The molecule has 1 amide bonds. The Balaban J connectivity index is 1.57. The number of amides is 1. The summed E-state index contributed by atoms with van der Waals surface area (Å²) < 4.78 is 5.85. The zero-order valence-corrected chi connectivity index (χ0v) is 16.3. The van der Waals surface area contributed by atoms with Gasteiger partial charge in [0.2, 0.25) is 0 Å². The van der Waals surface area contributed by atoms with Gasteiger partial charge in [0.25, 0.3) is 5.91 Å². The van der Waals surface area contributed by atoms with Crippen LogP contribution in [0.3, 0.4) is 0 Å². The Kier molecular flexibility index (Phi) is 7.19. The van der Waals surface area contributed by atoms with E-state index in [1.807, 2.05) is 48.5 Å². The first-order valence-electron chi connectivity index (χ1n) is 8.65. The molecule has 0 spiro atoms. The van der Waals surface area contributed by atoms with Crippen LogP contribution in [0, 0.1) is 0 Å². The average Bonchev–Trinajstić information content (AvgIpc) is 2.71. The van der Waals surface area contributed by atoms with Crippen LogP contribution in [0.25, 0.3) is 0 Å². The molecule has 0 saturated carbocycles. The van der Waals surface area contributed by atoms with Crippen molar-refractivity contribution in [1.29, 1.82) is 0 Å². The maximum atomic E-state index is 12.6. The Hall–Kier alpha value is -2.43. The van der Waals surface area contributed by atoms with Crippen molar-refractivity contribution in [1.82, 2.24) is 5.32 Å². The van der Waals surface area contributed by atoms with Crippen LogP contribution in [0.15, 0.2) is 83.8 Å². The molecule has 0 aliphatic heterocycles. The lowest BCUT2D eigenvalue weighted by molar-refractivity contribution is 0.0951. The maximum Gasteiger partial charge on any atom is 0.255 e. The molecular weight excluding hydrogens is 378 g/mol. The number of hydrogen-bond donors (Lipinski definition) is 1. The van der Waals surface area contributed by atoms with E-state index in [-0.39, 0.29) is 5.91 Å². The zero-order valence-electron chi connectivity index (χ0n) is 14.7. The van der Waals surface area contributed by atoms with E-state index < -0.39 is 0 Å². The second-order valence-electron chi connectivity index (χ2n) is 5.83. The number of carbonyl (C=O) groups excluding carboxylic acids is 1. The number of thioether (sulfide) groups is 1. The number of benzene rings is 3. The van der Waals surface area contributed by atoms with E-state index in [0.717, 1.165) is 11.3 Å². The van der Waals surface area contributed by atoms with Gasteiger partial charge in [-0.15, -0.1) is 11.8 Å². The van der Waals surface area contributed by atoms with E-state index in [4.69, 9.17) is 16.3 Å². The van der Waals surface area contributed by atoms with Crippen molar-refractivity contribution >= 4 is 29.3 Å².